The van der Waals surface area contributed by atoms with E-state index in [2.05, 4.69) is 34.6 Å². The molecule has 0 fully saturated rings. The Morgan fingerprint density at radius 1 is 1.24 bits per heavy atom. The molecule has 6 heteroatoms. The van der Waals surface area contributed by atoms with Crippen LogP contribution in [-0.4, -0.2) is 9.78 Å². The summed E-state index contributed by atoms with van der Waals surface area (Å²) < 4.78 is 40.8. The van der Waals surface area contributed by atoms with Crippen LogP contribution in [0.3, 0.4) is 0 Å². The number of nitrogens with zero attached hydrogens (tertiary/aromatic N) is 2. The molecule has 0 aliphatic carbocycles. The van der Waals surface area contributed by atoms with Crippen LogP contribution in [-0.2, 0) is 6.18 Å². The number of rotatable bonds is 1. The van der Waals surface area contributed by atoms with Gasteiger partial charge in [0, 0.05) is 0 Å². The summed E-state index contributed by atoms with van der Waals surface area (Å²) in [5.41, 5.74) is 2.28. The quantitative estimate of drug-likeness (QED) is 0.611. The average molecular weight is 404 g/mol. The number of benzene rings is 1. The highest BCUT2D eigenvalue weighted by Crippen LogP contribution is 2.36. The minimum Gasteiger partial charge on any atom is -0.261 e. The molecule has 1 aromatic carbocycles. The molecule has 1 aliphatic rings. The van der Waals surface area contributed by atoms with E-state index >= 15 is 0 Å². The summed E-state index contributed by atoms with van der Waals surface area (Å²) >= 11 is 2.22. The molecule has 0 unspecified atom stereocenters. The van der Waals surface area contributed by atoms with Gasteiger partial charge in [-0.25, -0.2) is 0 Å². The zero-order valence-corrected chi connectivity index (χ0v) is 13.3. The Bertz CT molecular complexity index is 699. The van der Waals surface area contributed by atoms with E-state index in [-0.39, 0.29) is 6.04 Å². The van der Waals surface area contributed by atoms with Crippen molar-refractivity contribution in [2.45, 2.75) is 25.6 Å². The highest BCUT2D eigenvalue weighted by atomic mass is 127. The lowest BCUT2D eigenvalue weighted by Gasteiger charge is -2.22. The maximum atomic E-state index is 12.6. The summed E-state index contributed by atoms with van der Waals surface area (Å²) in [6, 6.07) is 5.56. The summed E-state index contributed by atoms with van der Waals surface area (Å²) in [6.07, 6.45) is 0.285. The van der Waals surface area contributed by atoms with E-state index in [4.69, 9.17) is 0 Å². The van der Waals surface area contributed by atoms with Gasteiger partial charge in [-0.1, -0.05) is 12.1 Å². The third kappa shape index (κ3) is 2.73. The van der Waals surface area contributed by atoms with Crippen LogP contribution in [0.4, 0.5) is 13.2 Å². The van der Waals surface area contributed by atoms with Crippen molar-refractivity contribution < 1.29 is 13.2 Å². The topological polar surface area (TPSA) is 17.8 Å². The van der Waals surface area contributed by atoms with Gasteiger partial charge in [-0.3, -0.25) is 4.68 Å². The Kier molecular flexibility index (Phi) is 3.59. The standard InChI is InChI=1S/C15H12F3IN2/c1-9-6-11(7-14-13(19)8-20-21(9)14)10-2-4-12(5-3-10)15(16,17)18/h2-5,7-9H,6H2,1H3/t9-/m0/s1. The molecule has 0 spiro atoms. The van der Waals surface area contributed by atoms with Crippen molar-refractivity contribution in [2.75, 3.05) is 0 Å². The first-order valence-corrected chi connectivity index (χ1v) is 7.55. The van der Waals surface area contributed by atoms with Gasteiger partial charge in [0.05, 0.1) is 27.1 Å². The van der Waals surface area contributed by atoms with Crippen LogP contribution in [0.15, 0.2) is 30.5 Å². The number of halogens is 4. The molecule has 0 bridgehead atoms. The third-order valence-corrected chi connectivity index (χ3v) is 4.44. The first-order valence-electron chi connectivity index (χ1n) is 6.47. The molecular formula is C15H12F3IN2. The van der Waals surface area contributed by atoms with Crippen molar-refractivity contribution in [3.63, 3.8) is 0 Å². The van der Waals surface area contributed by atoms with E-state index in [1.54, 1.807) is 18.3 Å². The zero-order valence-electron chi connectivity index (χ0n) is 11.2. The van der Waals surface area contributed by atoms with Crippen LogP contribution in [0.1, 0.15) is 36.2 Å². The van der Waals surface area contributed by atoms with Crippen molar-refractivity contribution in [2.24, 2.45) is 0 Å². The lowest BCUT2D eigenvalue weighted by atomic mass is 9.95. The van der Waals surface area contributed by atoms with Crippen LogP contribution in [0.5, 0.6) is 0 Å². The van der Waals surface area contributed by atoms with Crippen LogP contribution < -0.4 is 0 Å². The number of alkyl halides is 3. The third-order valence-electron chi connectivity index (χ3n) is 3.61. The predicted molar refractivity (Wildman–Crippen MR) is 83.6 cm³/mol. The van der Waals surface area contributed by atoms with Crippen LogP contribution in [0, 0.1) is 3.57 Å². The van der Waals surface area contributed by atoms with Crippen LogP contribution in [0.2, 0.25) is 0 Å². The molecule has 2 aromatic rings. The zero-order chi connectivity index (χ0) is 15.2. The number of hydrogen-bond donors (Lipinski definition) is 0. The number of fused-ring (bicyclic) bond motifs is 1. The van der Waals surface area contributed by atoms with Crippen molar-refractivity contribution in [3.8, 4) is 0 Å². The minimum absolute atomic E-state index is 0.200. The van der Waals surface area contributed by atoms with Crippen molar-refractivity contribution >= 4 is 34.2 Å². The van der Waals surface area contributed by atoms with Crippen molar-refractivity contribution in [1.82, 2.24) is 9.78 Å². The molecule has 2 nitrogen and oxygen atoms in total. The lowest BCUT2D eigenvalue weighted by molar-refractivity contribution is -0.137. The molecule has 0 amide bonds. The molecule has 21 heavy (non-hydrogen) atoms. The molecule has 1 aromatic heterocycles. The molecular weight excluding hydrogens is 392 g/mol. The summed E-state index contributed by atoms with van der Waals surface area (Å²) in [4.78, 5) is 0. The van der Waals surface area contributed by atoms with Gasteiger partial charge in [0.15, 0.2) is 0 Å². The van der Waals surface area contributed by atoms with Gasteiger partial charge in [0.1, 0.15) is 0 Å². The summed E-state index contributed by atoms with van der Waals surface area (Å²) in [6.45, 7) is 2.06. The molecule has 3 rings (SSSR count). The predicted octanol–water partition coefficient (Wildman–Crippen LogP) is 5.01. The summed E-state index contributed by atoms with van der Waals surface area (Å²) in [5, 5.41) is 4.33. The summed E-state index contributed by atoms with van der Waals surface area (Å²) in [5.74, 6) is 0. The van der Waals surface area contributed by atoms with Gasteiger partial charge >= 0.3 is 6.18 Å². The molecule has 0 saturated carbocycles. The monoisotopic (exact) mass is 404 g/mol. The summed E-state index contributed by atoms with van der Waals surface area (Å²) in [7, 11) is 0. The van der Waals surface area contributed by atoms with Gasteiger partial charge in [-0.05, 0) is 65.3 Å². The van der Waals surface area contributed by atoms with E-state index in [1.807, 2.05) is 10.8 Å². The van der Waals surface area contributed by atoms with Crippen LogP contribution in [0.25, 0.3) is 11.6 Å². The van der Waals surface area contributed by atoms with Crippen molar-refractivity contribution in [3.05, 3.63) is 50.9 Å². The smallest absolute Gasteiger partial charge is 0.261 e. The molecule has 1 atom stereocenters. The van der Waals surface area contributed by atoms with Crippen molar-refractivity contribution in [1.29, 1.82) is 0 Å². The Labute approximate surface area is 133 Å². The Morgan fingerprint density at radius 3 is 2.52 bits per heavy atom. The Hall–Kier alpha value is -1.31. The number of allylic oxidation sites excluding steroid dienone is 1. The fourth-order valence-corrected chi connectivity index (χ4v) is 3.07. The highest BCUT2D eigenvalue weighted by molar-refractivity contribution is 14.1. The highest BCUT2D eigenvalue weighted by Gasteiger charge is 2.30. The fourth-order valence-electron chi connectivity index (χ4n) is 2.54. The molecule has 110 valence electrons. The van der Waals surface area contributed by atoms with E-state index in [9.17, 15) is 13.2 Å². The SMILES string of the molecule is C[C@H]1CC(c2ccc(C(F)(F)F)cc2)=Cc2c(I)cnn21. The maximum Gasteiger partial charge on any atom is 0.416 e. The van der Waals surface area contributed by atoms with Gasteiger partial charge < -0.3 is 0 Å². The molecule has 0 saturated heterocycles. The van der Waals surface area contributed by atoms with Gasteiger partial charge in [-0.2, -0.15) is 18.3 Å². The maximum absolute atomic E-state index is 12.6. The second-order valence-corrected chi connectivity index (χ2v) is 6.28. The van der Waals surface area contributed by atoms with Gasteiger partial charge in [0.25, 0.3) is 0 Å². The number of hydrogen-bond acceptors (Lipinski definition) is 1. The second-order valence-electron chi connectivity index (χ2n) is 5.12. The Morgan fingerprint density at radius 2 is 1.90 bits per heavy atom. The minimum atomic E-state index is -4.29. The van der Waals surface area contributed by atoms with E-state index < -0.39 is 11.7 Å². The van der Waals surface area contributed by atoms with E-state index in [1.165, 1.54) is 0 Å². The molecule has 2 heterocycles. The van der Waals surface area contributed by atoms with Gasteiger partial charge in [0.2, 0.25) is 0 Å². The Balaban J connectivity index is 1.98. The lowest BCUT2D eigenvalue weighted by Crippen LogP contribution is -2.14. The molecule has 1 aliphatic heterocycles. The van der Waals surface area contributed by atoms with Gasteiger partial charge in [-0.15, -0.1) is 0 Å². The fraction of sp³-hybridized carbons (Fsp3) is 0.267. The van der Waals surface area contributed by atoms with E-state index in [0.29, 0.717) is 0 Å². The first kappa shape index (κ1) is 14.6. The molecule has 0 N–H and O–H groups in total. The average Bonchev–Trinajstić information content (AvgIpc) is 2.80. The second kappa shape index (κ2) is 5.15. The first-order chi connectivity index (χ1) is 9.86. The normalized spacial score (nSPS) is 18.3. The largest absolute Gasteiger partial charge is 0.416 e. The van der Waals surface area contributed by atoms with E-state index in [0.717, 1.165) is 39.0 Å². The number of aromatic nitrogens is 2. The molecule has 0 radical (unpaired) electrons. The van der Waals surface area contributed by atoms with Crippen LogP contribution >= 0.6 is 22.6 Å².